The van der Waals surface area contributed by atoms with E-state index in [-0.39, 0.29) is 12.0 Å². The molecule has 0 bridgehead atoms. The Labute approximate surface area is 189 Å². The molecule has 162 valence electrons. The summed E-state index contributed by atoms with van der Waals surface area (Å²) in [6, 6.07) is 22.0. The van der Waals surface area contributed by atoms with Crippen molar-refractivity contribution in [1.82, 2.24) is 4.72 Å². The van der Waals surface area contributed by atoms with Crippen LogP contribution in [0.2, 0.25) is 0 Å². The van der Waals surface area contributed by atoms with Gasteiger partial charge in [-0.25, -0.2) is 4.21 Å². The zero-order chi connectivity index (χ0) is 22.1. The van der Waals surface area contributed by atoms with E-state index in [9.17, 15) is 9.00 Å². The number of carbonyl (C=O) groups excluding carboxylic acids is 1. The summed E-state index contributed by atoms with van der Waals surface area (Å²) < 4.78 is 26.3. The molecule has 6 heteroatoms. The maximum Gasteiger partial charge on any atom is 0.257 e. The lowest BCUT2D eigenvalue weighted by Gasteiger charge is -2.16. The van der Waals surface area contributed by atoms with E-state index in [1.165, 1.54) is 22.8 Å². The van der Waals surface area contributed by atoms with Gasteiger partial charge in [0.2, 0.25) is 0 Å². The van der Waals surface area contributed by atoms with Crippen LogP contribution >= 0.6 is 0 Å². The van der Waals surface area contributed by atoms with E-state index in [4.69, 9.17) is 9.47 Å². The van der Waals surface area contributed by atoms with Crippen LogP contribution in [0.5, 0.6) is 11.5 Å². The van der Waals surface area contributed by atoms with E-state index in [2.05, 4.69) is 35.1 Å². The Morgan fingerprint density at radius 1 is 1.00 bits per heavy atom. The molecule has 0 saturated heterocycles. The first-order valence-electron chi connectivity index (χ1n) is 10.7. The number of rotatable bonds is 6. The second-order valence-electron chi connectivity index (χ2n) is 7.75. The van der Waals surface area contributed by atoms with Crippen molar-refractivity contribution in [2.45, 2.75) is 25.9 Å². The molecule has 1 heterocycles. The summed E-state index contributed by atoms with van der Waals surface area (Å²) in [5, 5.41) is 0. The van der Waals surface area contributed by atoms with Gasteiger partial charge in [-0.05, 0) is 71.8 Å². The molecule has 1 amide bonds. The third kappa shape index (κ3) is 3.94. The van der Waals surface area contributed by atoms with Crippen molar-refractivity contribution < 1.29 is 18.5 Å². The highest BCUT2D eigenvalue weighted by Crippen LogP contribution is 2.40. The van der Waals surface area contributed by atoms with Gasteiger partial charge in [-0.15, -0.1) is 0 Å². The number of nitrogens with one attached hydrogen (secondary N) is 1. The molecule has 2 unspecified atom stereocenters. The fourth-order valence-corrected chi connectivity index (χ4v) is 5.25. The van der Waals surface area contributed by atoms with Crippen LogP contribution < -0.4 is 14.2 Å². The van der Waals surface area contributed by atoms with E-state index in [1.54, 1.807) is 0 Å². The Balaban J connectivity index is 1.37. The minimum Gasteiger partial charge on any atom is -0.494 e. The van der Waals surface area contributed by atoms with Gasteiger partial charge in [0, 0.05) is 6.08 Å². The van der Waals surface area contributed by atoms with Crippen LogP contribution in [0.1, 0.15) is 36.1 Å². The minimum atomic E-state index is -1.49. The Morgan fingerprint density at radius 3 is 2.56 bits per heavy atom. The fourth-order valence-electron chi connectivity index (χ4n) is 4.33. The van der Waals surface area contributed by atoms with Gasteiger partial charge in [-0.2, -0.15) is 0 Å². The maximum atomic E-state index is 12.0. The molecule has 5 rings (SSSR count). The maximum absolute atomic E-state index is 12.0. The Morgan fingerprint density at radius 2 is 1.81 bits per heavy atom. The molecule has 0 spiro atoms. The van der Waals surface area contributed by atoms with Gasteiger partial charge in [0.05, 0.1) is 11.5 Å². The Hall–Kier alpha value is -3.38. The van der Waals surface area contributed by atoms with E-state index in [0.29, 0.717) is 11.5 Å². The monoisotopic (exact) mass is 445 g/mol. The molecule has 0 aromatic heterocycles. The molecule has 3 aromatic carbocycles. The average molecular weight is 446 g/mol. The van der Waals surface area contributed by atoms with Crippen molar-refractivity contribution in [1.29, 1.82) is 0 Å². The predicted molar refractivity (Wildman–Crippen MR) is 125 cm³/mol. The lowest BCUT2D eigenvalue weighted by Crippen LogP contribution is -2.16. The molecule has 0 fully saturated rings. The van der Waals surface area contributed by atoms with Gasteiger partial charge in [0.25, 0.3) is 5.91 Å². The minimum absolute atomic E-state index is 0.0195. The van der Waals surface area contributed by atoms with Crippen molar-refractivity contribution in [3.63, 3.8) is 0 Å². The molecule has 3 aromatic rings. The zero-order valence-electron chi connectivity index (χ0n) is 17.7. The second-order valence-corrected chi connectivity index (χ2v) is 8.93. The van der Waals surface area contributed by atoms with E-state index in [0.717, 1.165) is 35.5 Å². The van der Waals surface area contributed by atoms with Gasteiger partial charge >= 0.3 is 0 Å². The van der Waals surface area contributed by atoms with Crippen molar-refractivity contribution in [2.24, 2.45) is 0 Å². The van der Waals surface area contributed by atoms with Crippen LogP contribution in [0.25, 0.3) is 16.0 Å². The number of ether oxygens (including phenoxy) is 2. The highest BCUT2D eigenvalue weighted by Gasteiger charge is 2.27. The molecule has 0 saturated carbocycles. The zero-order valence-corrected chi connectivity index (χ0v) is 18.5. The first-order valence-corrected chi connectivity index (χ1v) is 11.8. The summed E-state index contributed by atoms with van der Waals surface area (Å²) in [7, 11) is -1.49. The van der Waals surface area contributed by atoms with Crippen molar-refractivity contribution in [3.05, 3.63) is 89.5 Å². The standard InChI is InChI=1S/C26H23NO4S/c1-2-30-20-6-3-5-18(15-20)21-7-4-8-23-22(21)13-14-24(23)31-19-11-9-17(10-12-19)25-16-26(28)27-32(25)29/h3-12,15-16,24H,2,13-14H2,1H3,(H,27,28). The smallest absolute Gasteiger partial charge is 0.257 e. The molecule has 32 heavy (non-hydrogen) atoms. The van der Waals surface area contributed by atoms with Gasteiger partial charge in [0.15, 0.2) is 11.0 Å². The van der Waals surface area contributed by atoms with Crippen molar-refractivity contribution in [3.8, 4) is 22.6 Å². The Bertz CT molecular complexity index is 1230. The van der Waals surface area contributed by atoms with E-state index >= 15 is 0 Å². The summed E-state index contributed by atoms with van der Waals surface area (Å²) in [5.74, 6) is 1.30. The highest BCUT2D eigenvalue weighted by atomic mass is 32.2. The van der Waals surface area contributed by atoms with Gasteiger partial charge in [-0.1, -0.05) is 42.5 Å². The quantitative estimate of drug-likeness (QED) is 0.583. The van der Waals surface area contributed by atoms with E-state index in [1.807, 2.05) is 43.3 Å². The number of benzene rings is 3. The molecule has 1 aliphatic carbocycles. The van der Waals surface area contributed by atoms with Crippen LogP contribution in [0.15, 0.2) is 72.8 Å². The molecule has 5 nitrogen and oxygen atoms in total. The lowest BCUT2D eigenvalue weighted by atomic mass is 9.96. The first kappa shape index (κ1) is 20.5. The number of amides is 1. The summed E-state index contributed by atoms with van der Waals surface area (Å²) in [5.41, 5.74) is 5.65. The average Bonchev–Trinajstić information content (AvgIpc) is 3.37. The molecule has 2 atom stereocenters. The van der Waals surface area contributed by atoms with E-state index < -0.39 is 11.0 Å². The fraction of sp³-hybridized carbons (Fsp3) is 0.192. The normalized spacial score (nSPS) is 19.3. The second kappa shape index (κ2) is 8.63. The summed E-state index contributed by atoms with van der Waals surface area (Å²) >= 11 is 0. The van der Waals surface area contributed by atoms with Crippen molar-refractivity contribution >= 4 is 21.8 Å². The van der Waals surface area contributed by atoms with Crippen LogP contribution in [-0.2, 0) is 22.2 Å². The number of hydrogen-bond donors (Lipinski definition) is 1. The van der Waals surface area contributed by atoms with Gasteiger partial charge < -0.3 is 9.47 Å². The van der Waals surface area contributed by atoms with Crippen LogP contribution in [-0.4, -0.2) is 16.7 Å². The molecule has 1 aliphatic heterocycles. The lowest BCUT2D eigenvalue weighted by molar-refractivity contribution is -0.114. The van der Waals surface area contributed by atoms with Crippen molar-refractivity contribution in [2.75, 3.05) is 6.61 Å². The van der Waals surface area contributed by atoms with Crippen LogP contribution in [0, 0.1) is 0 Å². The molecule has 2 aliphatic rings. The number of hydrogen-bond acceptors (Lipinski definition) is 4. The number of carbonyl (C=O) groups is 1. The van der Waals surface area contributed by atoms with Crippen LogP contribution in [0.4, 0.5) is 0 Å². The number of fused-ring (bicyclic) bond motifs is 1. The summed E-state index contributed by atoms with van der Waals surface area (Å²) in [4.78, 5) is 11.9. The third-order valence-corrected chi connectivity index (χ3v) is 6.88. The van der Waals surface area contributed by atoms with Gasteiger partial charge in [-0.3, -0.25) is 9.52 Å². The largest absolute Gasteiger partial charge is 0.494 e. The summed E-state index contributed by atoms with van der Waals surface area (Å²) in [6.45, 7) is 2.63. The third-order valence-electron chi connectivity index (χ3n) is 5.74. The Kier molecular flexibility index (Phi) is 5.53. The molecule has 0 radical (unpaired) electrons. The van der Waals surface area contributed by atoms with Crippen LogP contribution in [0.3, 0.4) is 0 Å². The predicted octanol–water partition coefficient (Wildman–Crippen LogP) is 4.95. The molecular weight excluding hydrogens is 422 g/mol. The molecular formula is C26H23NO4S. The molecule has 1 N–H and O–H groups in total. The highest BCUT2D eigenvalue weighted by molar-refractivity contribution is 7.93. The summed E-state index contributed by atoms with van der Waals surface area (Å²) in [6.07, 6.45) is 3.22. The van der Waals surface area contributed by atoms with Gasteiger partial charge in [0.1, 0.15) is 17.6 Å². The first-order chi connectivity index (χ1) is 15.6. The SMILES string of the molecule is CCOc1cccc(-c2cccc3c2CCC3Oc2ccc(C3=CC(=O)NS3=O)cc2)c1. The topological polar surface area (TPSA) is 64.6 Å².